The van der Waals surface area contributed by atoms with Gasteiger partial charge < -0.3 is 5.32 Å². The highest BCUT2D eigenvalue weighted by molar-refractivity contribution is 6.30. The van der Waals surface area contributed by atoms with Gasteiger partial charge in [0, 0.05) is 17.3 Å². The van der Waals surface area contributed by atoms with Gasteiger partial charge in [0.05, 0.1) is 6.54 Å². The number of amides is 1. The van der Waals surface area contributed by atoms with Gasteiger partial charge in [0.1, 0.15) is 0 Å². The fourth-order valence-corrected chi connectivity index (χ4v) is 2.58. The Bertz CT molecular complexity index is 653. The number of rotatable bonds is 6. The maximum Gasteiger partial charge on any atom is 0.238 e. The van der Waals surface area contributed by atoms with Gasteiger partial charge in [0.2, 0.25) is 5.91 Å². The highest BCUT2D eigenvalue weighted by Gasteiger charge is 2.08. The average Bonchev–Trinajstić information content (AvgIpc) is 2.47. The summed E-state index contributed by atoms with van der Waals surface area (Å²) in [5.41, 5.74) is 3.25. The summed E-state index contributed by atoms with van der Waals surface area (Å²) in [5, 5.41) is 3.47. The molecule has 0 atom stereocenters. The van der Waals surface area contributed by atoms with Crippen LogP contribution in [-0.4, -0.2) is 24.4 Å². The molecule has 0 aliphatic rings. The topological polar surface area (TPSA) is 32.3 Å². The number of carbonyl (C=O) groups excluding carboxylic acids is 1. The van der Waals surface area contributed by atoms with Crippen molar-refractivity contribution in [1.29, 1.82) is 0 Å². The second kappa shape index (κ2) is 8.14. The molecule has 2 aromatic carbocycles. The SMILES string of the molecule is CC(C)c1ccc(CN(C)CC(=O)Nc2cccc(Cl)c2)cc1. The fraction of sp³-hybridized carbons (Fsp3) is 0.316. The minimum absolute atomic E-state index is 0.0476. The van der Waals surface area contributed by atoms with E-state index in [4.69, 9.17) is 11.6 Å². The molecule has 0 bridgehead atoms. The summed E-state index contributed by atoms with van der Waals surface area (Å²) in [6.45, 7) is 5.43. The standard InChI is InChI=1S/C19H23ClN2O/c1-14(2)16-9-7-15(8-10-16)12-22(3)13-19(23)21-18-6-4-5-17(20)11-18/h4-11,14H,12-13H2,1-3H3,(H,21,23). The quantitative estimate of drug-likeness (QED) is 0.843. The molecule has 0 spiro atoms. The minimum atomic E-state index is -0.0476. The molecule has 23 heavy (non-hydrogen) atoms. The van der Waals surface area contributed by atoms with E-state index in [0.29, 0.717) is 17.5 Å². The van der Waals surface area contributed by atoms with Gasteiger partial charge in [0.25, 0.3) is 0 Å². The number of hydrogen-bond donors (Lipinski definition) is 1. The predicted octanol–water partition coefficient (Wildman–Crippen LogP) is 4.53. The summed E-state index contributed by atoms with van der Waals surface area (Å²) in [6.07, 6.45) is 0. The largest absolute Gasteiger partial charge is 0.325 e. The van der Waals surface area contributed by atoms with Gasteiger partial charge in [-0.25, -0.2) is 0 Å². The van der Waals surface area contributed by atoms with Crippen molar-refractivity contribution in [3.05, 3.63) is 64.7 Å². The minimum Gasteiger partial charge on any atom is -0.325 e. The number of carbonyl (C=O) groups is 1. The first-order valence-corrected chi connectivity index (χ1v) is 8.14. The molecule has 0 aliphatic carbocycles. The van der Waals surface area contributed by atoms with Crippen LogP contribution in [0.3, 0.4) is 0 Å². The second-order valence-electron chi connectivity index (χ2n) is 6.13. The summed E-state index contributed by atoms with van der Waals surface area (Å²) in [5.74, 6) is 0.485. The van der Waals surface area contributed by atoms with Crippen LogP contribution in [-0.2, 0) is 11.3 Å². The van der Waals surface area contributed by atoms with Crippen molar-refractivity contribution in [2.24, 2.45) is 0 Å². The van der Waals surface area contributed by atoms with Crippen molar-refractivity contribution >= 4 is 23.2 Å². The van der Waals surface area contributed by atoms with E-state index in [1.807, 2.05) is 24.1 Å². The third kappa shape index (κ3) is 5.70. The zero-order chi connectivity index (χ0) is 16.8. The zero-order valence-corrected chi connectivity index (χ0v) is 14.6. The van der Waals surface area contributed by atoms with E-state index in [2.05, 4.69) is 43.4 Å². The molecule has 0 unspecified atom stereocenters. The number of hydrogen-bond acceptors (Lipinski definition) is 2. The number of benzene rings is 2. The van der Waals surface area contributed by atoms with E-state index in [1.165, 1.54) is 11.1 Å². The van der Waals surface area contributed by atoms with Gasteiger partial charge in [-0.3, -0.25) is 9.69 Å². The zero-order valence-electron chi connectivity index (χ0n) is 13.8. The van der Waals surface area contributed by atoms with Crippen LogP contribution in [0.1, 0.15) is 30.9 Å². The normalized spacial score (nSPS) is 11.0. The molecule has 0 radical (unpaired) electrons. The van der Waals surface area contributed by atoms with Crippen molar-refractivity contribution in [2.45, 2.75) is 26.3 Å². The van der Waals surface area contributed by atoms with Gasteiger partial charge in [-0.1, -0.05) is 55.8 Å². The Kier molecular flexibility index (Phi) is 6.20. The summed E-state index contributed by atoms with van der Waals surface area (Å²) in [4.78, 5) is 14.1. The number of likely N-dealkylation sites (N-methyl/N-ethyl adjacent to an activating group) is 1. The molecule has 122 valence electrons. The average molecular weight is 331 g/mol. The third-order valence-corrected chi connectivity index (χ3v) is 3.86. The summed E-state index contributed by atoms with van der Waals surface area (Å²) in [7, 11) is 1.94. The van der Waals surface area contributed by atoms with Crippen molar-refractivity contribution in [3.63, 3.8) is 0 Å². The summed E-state index contributed by atoms with van der Waals surface area (Å²) >= 11 is 5.91. The molecule has 0 heterocycles. The molecule has 1 amide bonds. The first-order valence-electron chi connectivity index (χ1n) is 7.77. The molecule has 4 heteroatoms. The first-order chi connectivity index (χ1) is 10.9. The molecule has 3 nitrogen and oxygen atoms in total. The van der Waals surface area contributed by atoms with Gasteiger partial charge in [-0.05, 0) is 42.3 Å². The number of nitrogens with zero attached hydrogens (tertiary/aromatic N) is 1. The molecule has 0 saturated heterocycles. The maximum atomic E-state index is 12.1. The predicted molar refractivity (Wildman–Crippen MR) is 96.9 cm³/mol. The maximum absolute atomic E-state index is 12.1. The molecule has 2 rings (SSSR count). The molecule has 1 N–H and O–H groups in total. The van der Waals surface area contributed by atoms with E-state index in [1.54, 1.807) is 12.1 Å². The Morgan fingerprint density at radius 1 is 1.17 bits per heavy atom. The van der Waals surface area contributed by atoms with Crippen LogP contribution in [0.4, 0.5) is 5.69 Å². The van der Waals surface area contributed by atoms with Gasteiger partial charge in [-0.15, -0.1) is 0 Å². The lowest BCUT2D eigenvalue weighted by Crippen LogP contribution is -2.29. The number of halogens is 1. The Balaban J connectivity index is 1.86. The Hall–Kier alpha value is -1.84. The van der Waals surface area contributed by atoms with E-state index in [-0.39, 0.29) is 5.91 Å². The smallest absolute Gasteiger partial charge is 0.238 e. The monoisotopic (exact) mass is 330 g/mol. The van der Waals surface area contributed by atoms with E-state index >= 15 is 0 Å². The Morgan fingerprint density at radius 3 is 2.48 bits per heavy atom. The van der Waals surface area contributed by atoms with Crippen LogP contribution in [0.2, 0.25) is 5.02 Å². The van der Waals surface area contributed by atoms with Crippen LogP contribution < -0.4 is 5.32 Å². The van der Waals surface area contributed by atoms with Crippen molar-refractivity contribution in [1.82, 2.24) is 4.90 Å². The molecule has 0 aromatic heterocycles. The summed E-state index contributed by atoms with van der Waals surface area (Å²) in [6, 6.07) is 15.7. The highest BCUT2D eigenvalue weighted by Crippen LogP contribution is 2.16. The van der Waals surface area contributed by atoms with Crippen molar-refractivity contribution < 1.29 is 4.79 Å². The number of nitrogens with one attached hydrogen (secondary N) is 1. The number of anilines is 1. The lowest BCUT2D eigenvalue weighted by Gasteiger charge is -2.17. The van der Waals surface area contributed by atoms with Crippen LogP contribution in [0.15, 0.2) is 48.5 Å². The van der Waals surface area contributed by atoms with E-state index in [0.717, 1.165) is 12.2 Å². The fourth-order valence-electron chi connectivity index (χ4n) is 2.39. The van der Waals surface area contributed by atoms with Crippen molar-refractivity contribution in [3.8, 4) is 0 Å². The molecule has 2 aromatic rings. The van der Waals surface area contributed by atoms with Gasteiger partial charge >= 0.3 is 0 Å². The highest BCUT2D eigenvalue weighted by atomic mass is 35.5. The van der Waals surface area contributed by atoms with E-state index in [9.17, 15) is 4.79 Å². The lowest BCUT2D eigenvalue weighted by molar-refractivity contribution is -0.117. The molecule has 0 fully saturated rings. The van der Waals surface area contributed by atoms with E-state index < -0.39 is 0 Å². The van der Waals surface area contributed by atoms with Gasteiger partial charge in [0.15, 0.2) is 0 Å². The van der Waals surface area contributed by atoms with Crippen LogP contribution >= 0.6 is 11.6 Å². The second-order valence-corrected chi connectivity index (χ2v) is 6.56. The Labute approximate surface area is 143 Å². The molecular formula is C19H23ClN2O. The first kappa shape index (κ1) is 17.5. The van der Waals surface area contributed by atoms with Crippen LogP contribution in [0.5, 0.6) is 0 Å². The van der Waals surface area contributed by atoms with Crippen LogP contribution in [0, 0.1) is 0 Å². The Morgan fingerprint density at radius 2 is 1.87 bits per heavy atom. The molecular weight excluding hydrogens is 308 g/mol. The van der Waals surface area contributed by atoms with Gasteiger partial charge in [-0.2, -0.15) is 0 Å². The molecule has 0 aliphatic heterocycles. The molecule has 0 saturated carbocycles. The van der Waals surface area contributed by atoms with Crippen LogP contribution in [0.25, 0.3) is 0 Å². The lowest BCUT2D eigenvalue weighted by atomic mass is 10.0. The summed E-state index contributed by atoms with van der Waals surface area (Å²) < 4.78 is 0. The third-order valence-electron chi connectivity index (χ3n) is 3.62. The van der Waals surface area contributed by atoms with Crippen molar-refractivity contribution in [2.75, 3.05) is 18.9 Å².